The summed E-state index contributed by atoms with van der Waals surface area (Å²) in [4.78, 5) is 38.2. The van der Waals surface area contributed by atoms with E-state index in [4.69, 9.17) is 14.2 Å². The Morgan fingerprint density at radius 1 is 0.288 bits per heavy atom. The summed E-state index contributed by atoms with van der Waals surface area (Å²) in [5, 5.41) is 0. The van der Waals surface area contributed by atoms with Crippen molar-refractivity contribution in [1.82, 2.24) is 0 Å². The Balaban J connectivity index is 4.59. The highest BCUT2D eigenvalue weighted by molar-refractivity contribution is 5.71. The zero-order valence-corrected chi connectivity index (χ0v) is 46.8. The molecule has 73 heavy (non-hydrogen) atoms. The van der Waals surface area contributed by atoms with Gasteiger partial charge in [-0.1, -0.05) is 276 Å². The molecule has 0 saturated carbocycles. The van der Waals surface area contributed by atoms with Crippen molar-refractivity contribution in [1.29, 1.82) is 0 Å². The van der Waals surface area contributed by atoms with Gasteiger partial charge in [0.05, 0.1) is 0 Å². The van der Waals surface area contributed by atoms with Crippen molar-refractivity contribution < 1.29 is 28.6 Å². The van der Waals surface area contributed by atoms with E-state index in [0.29, 0.717) is 19.3 Å². The predicted octanol–water partition coefficient (Wildman–Crippen LogP) is 20.0. The molecule has 6 nitrogen and oxygen atoms in total. The van der Waals surface area contributed by atoms with Crippen molar-refractivity contribution >= 4 is 17.9 Å². The fraction of sp³-hybridized carbons (Fsp3) is 0.597. The van der Waals surface area contributed by atoms with Crippen LogP contribution in [0.4, 0.5) is 0 Å². The first-order valence-electron chi connectivity index (χ1n) is 29.5. The van der Waals surface area contributed by atoms with Crippen LogP contribution in [0.3, 0.4) is 0 Å². The van der Waals surface area contributed by atoms with Crippen LogP contribution < -0.4 is 0 Å². The Kier molecular flexibility index (Phi) is 56.0. The zero-order valence-electron chi connectivity index (χ0n) is 46.8. The van der Waals surface area contributed by atoms with E-state index in [1.165, 1.54) is 83.5 Å². The number of ether oxygens (including phenoxy) is 3. The lowest BCUT2D eigenvalue weighted by molar-refractivity contribution is -0.167. The summed E-state index contributed by atoms with van der Waals surface area (Å²) in [6.45, 7) is 6.40. The van der Waals surface area contributed by atoms with Crippen LogP contribution in [0.2, 0.25) is 0 Å². The maximum Gasteiger partial charge on any atom is 0.306 e. The smallest absolute Gasteiger partial charge is 0.306 e. The van der Waals surface area contributed by atoms with Crippen LogP contribution in [0.15, 0.2) is 146 Å². The highest BCUT2D eigenvalue weighted by Crippen LogP contribution is 2.13. The summed E-state index contributed by atoms with van der Waals surface area (Å²) in [6.07, 6.45) is 85.4. The molecule has 0 aliphatic heterocycles. The molecule has 0 aromatic rings. The molecule has 0 aliphatic rings. The van der Waals surface area contributed by atoms with E-state index in [9.17, 15) is 14.4 Å². The van der Waals surface area contributed by atoms with Crippen molar-refractivity contribution in [2.45, 2.75) is 245 Å². The van der Waals surface area contributed by atoms with Crippen molar-refractivity contribution in [2.24, 2.45) is 0 Å². The molecule has 0 heterocycles. The number of rotatable bonds is 51. The second-order valence-corrected chi connectivity index (χ2v) is 19.1. The summed E-state index contributed by atoms with van der Waals surface area (Å²) in [5.74, 6) is -0.999. The number of carbonyl (C=O) groups excluding carboxylic acids is 3. The fourth-order valence-corrected chi connectivity index (χ4v) is 7.65. The molecule has 0 aliphatic carbocycles. The Morgan fingerprint density at radius 2 is 0.534 bits per heavy atom. The van der Waals surface area contributed by atoms with Crippen molar-refractivity contribution in [3.63, 3.8) is 0 Å². The summed E-state index contributed by atoms with van der Waals surface area (Å²) in [5.41, 5.74) is 0. The number of esters is 3. The van der Waals surface area contributed by atoms with Gasteiger partial charge in [0, 0.05) is 19.3 Å². The van der Waals surface area contributed by atoms with E-state index < -0.39 is 6.10 Å². The third-order valence-corrected chi connectivity index (χ3v) is 12.1. The molecule has 0 spiro atoms. The molecule has 410 valence electrons. The van der Waals surface area contributed by atoms with Crippen molar-refractivity contribution in [2.75, 3.05) is 13.2 Å². The monoisotopic (exact) mass is 1010 g/mol. The molecule has 0 amide bonds. The SMILES string of the molecule is CC\C=C/C=C\C=C/C=C\C=C\C=C/C=C\CCCCCC(=O)OCC(COC(=O)CCCCCCC/C=C\C=C/CCCCCCCCC)OC(=O)CCCCCCC\C=C/C=C\C=C/CCCCCCC. The molecule has 0 N–H and O–H groups in total. The van der Waals surface area contributed by atoms with Gasteiger partial charge in [-0.15, -0.1) is 0 Å². The lowest BCUT2D eigenvalue weighted by atomic mass is 10.1. The average Bonchev–Trinajstić information content (AvgIpc) is 3.39. The van der Waals surface area contributed by atoms with Gasteiger partial charge in [-0.2, -0.15) is 0 Å². The normalized spacial score (nSPS) is 13.2. The highest BCUT2D eigenvalue weighted by atomic mass is 16.6. The van der Waals surface area contributed by atoms with Crippen LogP contribution in [0.25, 0.3) is 0 Å². The predicted molar refractivity (Wildman–Crippen MR) is 315 cm³/mol. The number of carbonyl (C=O) groups is 3. The minimum absolute atomic E-state index is 0.115. The maximum atomic E-state index is 12.9. The third kappa shape index (κ3) is 58.1. The zero-order chi connectivity index (χ0) is 52.9. The Labute approximate surface area is 448 Å². The standard InChI is InChI=1S/C67H106O6/c1-4-7-10-13-16-19-22-25-28-31-34-37-39-42-45-48-51-54-57-60-66(69)72-63-64(73-67(70)61-58-55-52-49-46-43-40-36-33-30-27-24-21-18-15-12-9-6-3)62-71-65(68)59-56-53-50-47-44-41-38-35-32-29-26-23-20-17-14-11-8-5-2/h7,10,13,16,19,22,24-25,27-40,42,45,64H,4-6,8-9,11-12,14-15,17-18,20-21,23,26,41,43-44,46-63H2,1-3H3/b10-7-,16-13-,22-19-,27-24-,28-25-,32-29-,33-30-,34-31+,38-35-,39-37-,40-36-,45-42-. The van der Waals surface area contributed by atoms with Gasteiger partial charge in [-0.3, -0.25) is 14.4 Å². The van der Waals surface area contributed by atoms with Gasteiger partial charge >= 0.3 is 17.9 Å². The largest absolute Gasteiger partial charge is 0.462 e. The van der Waals surface area contributed by atoms with E-state index in [-0.39, 0.29) is 37.5 Å². The van der Waals surface area contributed by atoms with Crippen LogP contribution in [0.5, 0.6) is 0 Å². The molecule has 0 fully saturated rings. The summed E-state index contributed by atoms with van der Waals surface area (Å²) in [7, 11) is 0. The lowest BCUT2D eigenvalue weighted by Crippen LogP contribution is -2.30. The van der Waals surface area contributed by atoms with Gasteiger partial charge in [0.2, 0.25) is 0 Å². The third-order valence-electron chi connectivity index (χ3n) is 12.1. The number of allylic oxidation sites excluding steroid dienone is 24. The lowest BCUT2D eigenvalue weighted by Gasteiger charge is -2.18. The molecule has 1 atom stereocenters. The van der Waals surface area contributed by atoms with Gasteiger partial charge in [-0.25, -0.2) is 0 Å². The molecule has 0 radical (unpaired) electrons. The number of hydrogen-bond acceptors (Lipinski definition) is 6. The van der Waals surface area contributed by atoms with Crippen LogP contribution in [-0.4, -0.2) is 37.2 Å². The van der Waals surface area contributed by atoms with Crippen molar-refractivity contribution in [3.8, 4) is 0 Å². The first-order valence-corrected chi connectivity index (χ1v) is 29.5. The second kappa shape index (κ2) is 59.8. The van der Waals surface area contributed by atoms with E-state index in [0.717, 1.165) is 109 Å². The van der Waals surface area contributed by atoms with Gasteiger partial charge in [0.15, 0.2) is 6.10 Å². The van der Waals surface area contributed by atoms with Crippen LogP contribution in [0, 0.1) is 0 Å². The molecule has 1 unspecified atom stereocenters. The van der Waals surface area contributed by atoms with E-state index in [2.05, 4.69) is 93.7 Å². The molecule has 0 aromatic carbocycles. The molecule has 6 heteroatoms. The Morgan fingerprint density at radius 3 is 0.863 bits per heavy atom. The molecule has 0 saturated heterocycles. The Hall–Kier alpha value is -4.71. The van der Waals surface area contributed by atoms with Gasteiger partial charge in [-0.05, 0) is 89.9 Å². The minimum Gasteiger partial charge on any atom is -0.462 e. The average molecular weight is 1010 g/mol. The quantitative estimate of drug-likeness (QED) is 0.0261. The van der Waals surface area contributed by atoms with E-state index >= 15 is 0 Å². The molecule has 0 bridgehead atoms. The van der Waals surface area contributed by atoms with Crippen LogP contribution >= 0.6 is 0 Å². The summed E-state index contributed by atoms with van der Waals surface area (Å²) in [6, 6.07) is 0. The highest BCUT2D eigenvalue weighted by Gasteiger charge is 2.19. The van der Waals surface area contributed by atoms with Gasteiger partial charge in [0.25, 0.3) is 0 Å². The maximum absolute atomic E-state index is 12.9. The molecule has 0 rings (SSSR count). The Bertz CT molecular complexity index is 1630. The topological polar surface area (TPSA) is 78.9 Å². The van der Waals surface area contributed by atoms with Gasteiger partial charge in [0.1, 0.15) is 13.2 Å². The fourth-order valence-electron chi connectivity index (χ4n) is 7.65. The first kappa shape index (κ1) is 68.3. The van der Waals surface area contributed by atoms with E-state index in [1.54, 1.807) is 0 Å². The van der Waals surface area contributed by atoms with Crippen LogP contribution in [0.1, 0.15) is 239 Å². The molecule has 0 aromatic heterocycles. The van der Waals surface area contributed by atoms with Crippen LogP contribution in [-0.2, 0) is 28.6 Å². The molecular formula is C67H106O6. The number of unbranched alkanes of at least 4 members (excludes halogenated alkanes) is 25. The second-order valence-electron chi connectivity index (χ2n) is 19.1. The summed E-state index contributed by atoms with van der Waals surface area (Å²) < 4.78 is 16.8. The van der Waals surface area contributed by atoms with Gasteiger partial charge < -0.3 is 14.2 Å². The first-order chi connectivity index (χ1) is 36.0. The minimum atomic E-state index is -0.822. The number of hydrogen-bond donors (Lipinski definition) is 0. The summed E-state index contributed by atoms with van der Waals surface area (Å²) >= 11 is 0. The molecular weight excluding hydrogens is 901 g/mol. The van der Waals surface area contributed by atoms with E-state index in [1.807, 2.05) is 72.9 Å². The van der Waals surface area contributed by atoms with Crippen molar-refractivity contribution in [3.05, 3.63) is 146 Å².